The van der Waals surface area contributed by atoms with Gasteiger partial charge in [0.05, 0.1) is 6.04 Å². The second-order valence-electron chi connectivity index (χ2n) is 5.00. The van der Waals surface area contributed by atoms with E-state index in [-0.39, 0.29) is 17.6 Å². The van der Waals surface area contributed by atoms with Gasteiger partial charge >= 0.3 is 6.18 Å². The van der Waals surface area contributed by atoms with Gasteiger partial charge in [0.1, 0.15) is 5.25 Å². The van der Waals surface area contributed by atoms with Crippen molar-refractivity contribution in [2.24, 2.45) is 5.73 Å². The highest BCUT2D eigenvalue weighted by Crippen LogP contribution is 2.38. The van der Waals surface area contributed by atoms with Crippen LogP contribution >= 0.6 is 11.8 Å². The van der Waals surface area contributed by atoms with E-state index in [1.807, 2.05) is 0 Å². The molecule has 20 heavy (non-hydrogen) atoms. The Labute approximate surface area is 119 Å². The van der Waals surface area contributed by atoms with Gasteiger partial charge in [-0.3, -0.25) is 0 Å². The summed E-state index contributed by atoms with van der Waals surface area (Å²) >= 11 is 0.625. The van der Waals surface area contributed by atoms with Crippen LogP contribution in [-0.4, -0.2) is 37.7 Å². The van der Waals surface area contributed by atoms with Crippen LogP contribution in [0, 0.1) is 0 Å². The van der Waals surface area contributed by atoms with Gasteiger partial charge in [-0.25, -0.2) is 4.68 Å². The molecule has 1 aromatic rings. The summed E-state index contributed by atoms with van der Waals surface area (Å²) in [4.78, 5) is 0. The number of nitrogens with two attached hydrogens (primary N) is 1. The summed E-state index contributed by atoms with van der Waals surface area (Å²) in [6, 6.07) is -0.854. The molecule has 0 aliphatic heterocycles. The third-order valence-corrected chi connectivity index (χ3v) is 4.90. The summed E-state index contributed by atoms with van der Waals surface area (Å²) in [5.74, 6) is 0. The van der Waals surface area contributed by atoms with Gasteiger partial charge in [0.15, 0.2) is 0 Å². The van der Waals surface area contributed by atoms with Gasteiger partial charge in [0, 0.05) is 6.04 Å². The van der Waals surface area contributed by atoms with E-state index in [0.717, 1.165) is 25.7 Å². The van der Waals surface area contributed by atoms with Crippen molar-refractivity contribution in [1.82, 2.24) is 20.2 Å². The molecule has 9 heteroatoms. The predicted octanol–water partition coefficient (Wildman–Crippen LogP) is 2.55. The molecule has 2 unspecified atom stereocenters. The summed E-state index contributed by atoms with van der Waals surface area (Å²) < 4.78 is 40.8. The highest BCUT2D eigenvalue weighted by atomic mass is 32.2. The maximum Gasteiger partial charge on any atom is 0.402 e. The van der Waals surface area contributed by atoms with Crippen LogP contribution in [-0.2, 0) is 0 Å². The van der Waals surface area contributed by atoms with Crippen LogP contribution in [0.5, 0.6) is 0 Å². The van der Waals surface area contributed by atoms with Crippen LogP contribution in [0.2, 0.25) is 0 Å². The standard InChI is InChI=1S/C11H18F3N5S/c1-2-8(15)9(11(12,13)14)20-10-16-17-18-19(10)7-5-3-4-6-7/h7-9H,2-6,15H2,1H3. The van der Waals surface area contributed by atoms with Crippen molar-refractivity contribution in [2.45, 2.75) is 67.7 Å². The Bertz CT molecular complexity index is 430. The van der Waals surface area contributed by atoms with Crippen molar-refractivity contribution in [3.05, 3.63) is 0 Å². The molecule has 1 heterocycles. The van der Waals surface area contributed by atoms with Gasteiger partial charge < -0.3 is 5.73 Å². The Morgan fingerprint density at radius 3 is 2.60 bits per heavy atom. The lowest BCUT2D eigenvalue weighted by atomic mass is 10.1. The molecule has 0 radical (unpaired) electrons. The fourth-order valence-corrected chi connectivity index (χ4v) is 3.47. The Hall–Kier alpha value is -0.830. The Morgan fingerprint density at radius 2 is 2.05 bits per heavy atom. The van der Waals surface area contributed by atoms with Gasteiger partial charge in [0.25, 0.3) is 0 Å². The maximum absolute atomic E-state index is 13.1. The third kappa shape index (κ3) is 3.43. The number of tetrazole rings is 1. The molecule has 0 spiro atoms. The van der Waals surface area contributed by atoms with Crippen LogP contribution in [0.25, 0.3) is 0 Å². The summed E-state index contributed by atoms with van der Waals surface area (Å²) in [5.41, 5.74) is 5.60. The number of hydrogen-bond donors (Lipinski definition) is 1. The minimum Gasteiger partial charge on any atom is -0.326 e. The van der Waals surface area contributed by atoms with E-state index in [0.29, 0.717) is 11.8 Å². The number of hydrogen-bond acceptors (Lipinski definition) is 5. The summed E-state index contributed by atoms with van der Waals surface area (Å²) in [6.07, 6.45) is -0.170. The minimum absolute atomic E-state index is 0.110. The first kappa shape index (κ1) is 15.6. The molecule has 0 aromatic carbocycles. The van der Waals surface area contributed by atoms with E-state index in [1.54, 1.807) is 6.92 Å². The molecule has 2 atom stereocenters. The van der Waals surface area contributed by atoms with Gasteiger partial charge in [-0.05, 0) is 29.7 Å². The monoisotopic (exact) mass is 309 g/mol. The number of thioether (sulfide) groups is 1. The second-order valence-corrected chi connectivity index (χ2v) is 6.11. The van der Waals surface area contributed by atoms with Gasteiger partial charge in [-0.15, -0.1) is 5.10 Å². The number of halogens is 3. The molecular weight excluding hydrogens is 291 g/mol. The Kier molecular flexibility index (Phi) is 4.90. The van der Waals surface area contributed by atoms with Crippen molar-refractivity contribution >= 4 is 11.8 Å². The molecule has 1 aliphatic carbocycles. The van der Waals surface area contributed by atoms with Crippen molar-refractivity contribution in [1.29, 1.82) is 0 Å². The molecule has 1 saturated carbocycles. The SMILES string of the molecule is CCC(N)C(Sc1nnnn1C1CCCC1)C(F)(F)F. The number of aromatic nitrogens is 4. The lowest BCUT2D eigenvalue weighted by molar-refractivity contribution is -0.132. The third-order valence-electron chi connectivity index (χ3n) is 3.55. The van der Waals surface area contributed by atoms with E-state index in [9.17, 15) is 13.2 Å². The van der Waals surface area contributed by atoms with Crippen LogP contribution < -0.4 is 5.73 Å². The van der Waals surface area contributed by atoms with Crippen LogP contribution in [0.1, 0.15) is 45.1 Å². The van der Waals surface area contributed by atoms with E-state index >= 15 is 0 Å². The van der Waals surface area contributed by atoms with E-state index in [2.05, 4.69) is 15.5 Å². The topological polar surface area (TPSA) is 69.6 Å². The molecule has 1 aromatic heterocycles. The highest BCUT2D eigenvalue weighted by Gasteiger charge is 2.45. The fourth-order valence-electron chi connectivity index (χ4n) is 2.37. The summed E-state index contributed by atoms with van der Waals surface area (Å²) in [7, 11) is 0. The molecule has 0 amide bonds. The predicted molar refractivity (Wildman–Crippen MR) is 69.3 cm³/mol. The minimum atomic E-state index is -4.37. The van der Waals surface area contributed by atoms with Crippen LogP contribution in [0.4, 0.5) is 13.2 Å². The van der Waals surface area contributed by atoms with Crippen molar-refractivity contribution in [2.75, 3.05) is 0 Å². The fraction of sp³-hybridized carbons (Fsp3) is 0.909. The van der Waals surface area contributed by atoms with E-state index in [4.69, 9.17) is 5.73 Å². The molecule has 0 bridgehead atoms. The van der Waals surface area contributed by atoms with Crippen molar-refractivity contribution < 1.29 is 13.2 Å². The molecule has 0 saturated heterocycles. The zero-order valence-corrected chi connectivity index (χ0v) is 12.0. The van der Waals surface area contributed by atoms with E-state index in [1.165, 1.54) is 4.68 Å². The molecule has 1 aliphatic rings. The lowest BCUT2D eigenvalue weighted by Gasteiger charge is -2.24. The second kappa shape index (κ2) is 6.30. The first-order valence-corrected chi connectivity index (χ1v) is 7.58. The summed E-state index contributed by atoms with van der Waals surface area (Å²) in [5, 5.41) is 9.64. The molecule has 1 fully saturated rings. The molecule has 114 valence electrons. The van der Waals surface area contributed by atoms with Gasteiger partial charge in [-0.1, -0.05) is 31.5 Å². The quantitative estimate of drug-likeness (QED) is 0.847. The first-order valence-electron chi connectivity index (χ1n) is 6.70. The molecule has 2 N–H and O–H groups in total. The van der Waals surface area contributed by atoms with Crippen molar-refractivity contribution in [3.8, 4) is 0 Å². The van der Waals surface area contributed by atoms with Crippen molar-refractivity contribution in [3.63, 3.8) is 0 Å². The van der Waals surface area contributed by atoms with Crippen LogP contribution in [0.3, 0.4) is 0 Å². The average Bonchev–Trinajstić information content (AvgIpc) is 3.03. The number of alkyl halides is 3. The molecular formula is C11H18F3N5S. The summed E-state index contributed by atoms with van der Waals surface area (Å²) in [6.45, 7) is 1.64. The van der Waals surface area contributed by atoms with Gasteiger partial charge in [-0.2, -0.15) is 13.2 Å². The highest BCUT2D eigenvalue weighted by molar-refractivity contribution is 7.99. The Balaban J connectivity index is 2.16. The van der Waals surface area contributed by atoms with Gasteiger partial charge in [0.2, 0.25) is 5.16 Å². The number of nitrogens with zero attached hydrogens (tertiary/aromatic N) is 4. The lowest BCUT2D eigenvalue weighted by Crippen LogP contribution is -2.42. The largest absolute Gasteiger partial charge is 0.402 e. The Morgan fingerprint density at radius 1 is 1.40 bits per heavy atom. The molecule has 2 rings (SSSR count). The van der Waals surface area contributed by atoms with E-state index < -0.39 is 17.5 Å². The zero-order chi connectivity index (χ0) is 14.8. The maximum atomic E-state index is 13.1. The molecule has 5 nitrogen and oxygen atoms in total. The van der Waals surface area contributed by atoms with Crippen LogP contribution in [0.15, 0.2) is 5.16 Å². The first-order chi connectivity index (χ1) is 9.43. The normalized spacial score (nSPS) is 20.2. The average molecular weight is 309 g/mol. The smallest absolute Gasteiger partial charge is 0.326 e. The zero-order valence-electron chi connectivity index (χ0n) is 11.2. The number of rotatable bonds is 5.